The zero-order valence-corrected chi connectivity index (χ0v) is 10.4. The van der Waals surface area contributed by atoms with Crippen molar-refractivity contribution in [1.29, 1.82) is 0 Å². The van der Waals surface area contributed by atoms with Crippen LogP contribution in [0.1, 0.15) is 6.92 Å². The number of ether oxygens (including phenoxy) is 1. The minimum absolute atomic E-state index is 0.233. The van der Waals surface area contributed by atoms with Gasteiger partial charge in [-0.25, -0.2) is 4.79 Å². The van der Waals surface area contributed by atoms with Gasteiger partial charge in [0.05, 0.1) is 29.3 Å². The molecule has 2 fully saturated rings. The Labute approximate surface area is 103 Å². The first-order valence-corrected chi connectivity index (χ1v) is 6.30. The number of thioether (sulfide) groups is 1. The number of fused-ring (bicyclic) bond motifs is 1. The molecule has 2 N–H and O–H groups in total. The summed E-state index contributed by atoms with van der Waals surface area (Å²) in [5, 5.41) is 18.1. The number of nitrogens with zero attached hydrogens (tertiary/aromatic N) is 1. The molecule has 0 saturated carbocycles. The van der Waals surface area contributed by atoms with Crippen LogP contribution in [0.5, 0.6) is 0 Å². The molecule has 6 nitrogen and oxygen atoms in total. The molecule has 2 heterocycles. The van der Waals surface area contributed by atoms with Gasteiger partial charge in [-0.05, 0) is 6.92 Å². The lowest BCUT2D eigenvalue weighted by molar-refractivity contribution is -0.167. The molecule has 5 atom stereocenters. The molecule has 17 heavy (non-hydrogen) atoms. The molecule has 2 rings (SSSR count). The summed E-state index contributed by atoms with van der Waals surface area (Å²) in [5.74, 6) is -1.77. The summed E-state index contributed by atoms with van der Waals surface area (Å²) in [6, 6.07) is -0.840. The number of hydrogen-bond donors (Lipinski definition) is 2. The third kappa shape index (κ3) is 1.82. The number of β-lactam (4-membered cyclic amide) rings is 1. The first-order valence-electron chi connectivity index (χ1n) is 5.36. The molecule has 1 amide bonds. The molecule has 96 valence electrons. The fourth-order valence-corrected chi connectivity index (χ4v) is 4.25. The van der Waals surface area contributed by atoms with Gasteiger partial charge in [0, 0.05) is 7.11 Å². The zero-order chi connectivity index (χ0) is 12.7. The van der Waals surface area contributed by atoms with E-state index in [-0.39, 0.29) is 23.1 Å². The van der Waals surface area contributed by atoms with E-state index in [4.69, 9.17) is 9.84 Å². The Kier molecular flexibility index (Phi) is 3.33. The van der Waals surface area contributed by atoms with Gasteiger partial charge in [0.2, 0.25) is 5.91 Å². The lowest BCUT2D eigenvalue weighted by atomic mass is 9.90. The highest BCUT2D eigenvalue weighted by Crippen LogP contribution is 2.48. The number of aliphatic hydroxyl groups excluding tert-OH is 1. The maximum Gasteiger partial charge on any atom is 0.327 e. The average Bonchev–Trinajstić information content (AvgIpc) is 2.53. The van der Waals surface area contributed by atoms with Crippen molar-refractivity contribution in [2.75, 3.05) is 13.7 Å². The minimum Gasteiger partial charge on any atom is -0.480 e. The second-order valence-corrected chi connectivity index (χ2v) is 5.68. The summed E-state index contributed by atoms with van der Waals surface area (Å²) in [5.41, 5.74) is 0. The van der Waals surface area contributed by atoms with Gasteiger partial charge in [0.15, 0.2) is 0 Å². The number of carboxylic acid groups (broad SMARTS) is 1. The van der Waals surface area contributed by atoms with Crippen LogP contribution in [0.4, 0.5) is 0 Å². The third-order valence-electron chi connectivity index (χ3n) is 3.19. The Morgan fingerprint density at radius 3 is 2.76 bits per heavy atom. The molecule has 0 aromatic heterocycles. The second-order valence-electron chi connectivity index (χ2n) is 4.32. The van der Waals surface area contributed by atoms with E-state index in [9.17, 15) is 14.7 Å². The Morgan fingerprint density at radius 2 is 2.29 bits per heavy atom. The average molecular weight is 261 g/mol. The Bertz CT molecular complexity index is 348. The number of aliphatic hydroxyl groups is 1. The molecule has 7 heteroatoms. The van der Waals surface area contributed by atoms with Gasteiger partial charge >= 0.3 is 5.97 Å². The normalized spacial score (nSPS) is 37.6. The van der Waals surface area contributed by atoms with Crippen LogP contribution in [0.15, 0.2) is 0 Å². The first-order chi connectivity index (χ1) is 7.99. The molecular weight excluding hydrogens is 246 g/mol. The largest absolute Gasteiger partial charge is 0.480 e. The van der Waals surface area contributed by atoms with Gasteiger partial charge in [-0.15, -0.1) is 11.8 Å². The van der Waals surface area contributed by atoms with Crippen LogP contribution in [0.25, 0.3) is 0 Å². The van der Waals surface area contributed by atoms with Gasteiger partial charge in [-0.2, -0.15) is 0 Å². The maximum atomic E-state index is 11.8. The summed E-state index contributed by atoms with van der Waals surface area (Å²) < 4.78 is 4.98. The van der Waals surface area contributed by atoms with Crippen molar-refractivity contribution in [2.45, 2.75) is 29.7 Å². The number of carbonyl (C=O) groups is 2. The van der Waals surface area contributed by atoms with Gasteiger partial charge in [-0.3, -0.25) is 4.79 Å². The monoisotopic (exact) mass is 261 g/mol. The second kappa shape index (κ2) is 4.47. The number of rotatable bonds is 4. The van der Waals surface area contributed by atoms with Crippen molar-refractivity contribution < 1.29 is 24.5 Å². The van der Waals surface area contributed by atoms with E-state index in [1.165, 1.54) is 23.8 Å². The molecule has 0 aromatic carbocycles. The van der Waals surface area contributed by atoms with Crippen molar-refractivity contribution >= 4 is 23.6 Å². The van der Waals surface area contributed by atoms with Crippen molar-refractivity contribution in [1.82, 2.24) is 4.90 Å². The maximum absolute atomic E-state index is 11.8. The number of carbonyl (C=O) groups excluding carboxylic acids is 1. The first kappa shape index (κ1) is 12.7. The highest BCUT2D eigenvalue weighted by atomic mass is 32.2. The lowest BCUT2D eigenvalue weighted by Crippen LogP contribution is -2.64. The van der Waals surface area contributed by atoms with Crippen LogP contribution in [0, 0.1) is 5.92 Å². The molecule has 2 saturated heterocycles. The van der Waals surface area contributed by atoms with E-state index in [0.29, 0.717) is 0 Å². The van der Waals surface area contributed by atoms with Crippen LogP contribution in [0.2, 0.25) is 0 Å². The van der Waals surface area contributed by atoms with E-state index in [2.05, 4.69) is 0 Å². The summed E-state index contributed by atoms with van der Waals surface area (Å²) in [4.78, 5) is 24.3. The number of methoxy groups -OCH3 is 1. The quantitative estimate of drug-likeness (QED) is 0.655. The fraction of sp³-hybridized carbons (Fsp3) is 0.800. The summed E-state index contributed by atoms with van der Waals surface area (Å²) in [7, 11) is 1.50. The molecule has 0 aromatic rings. The van der Waals surface area contributed by atoms with Crippen LogP contribution in [-0.2, 0) is 14.3 Å². The number of carboxylic acids is 1. The predicted molar refractivity (Wildman–Crippen MR) is 60.5 cm³/mol. The lowest BCUT2D eigenvalue weighted by Gasteiger charge is -2.44. The minimum atomic E-state index is -1.01. The smallest absolute Gasteiger partial charge is 0.327 e. The van der Waals surface area contributed by atoms with Crippen molar-refractivity contribution in [3.63, 3.8) is 0 Å². The van der Waals surface area contributed by atoms with Crippen LogP contribution >= 0.6 is 11.8 Å². The van der Waals surface area contributed by atoms with E-state index in [0.717, 1.165) is 0 Å². The van der Waals surface area contributed by atoms with Gasteiger partial charge in [0.25, 0.3) is 0 Å². The molecular formula is C10H15NO5S. The molecule has 0 bridgehead atoms. The van der Waals surface area contributed by atoms with E-state index >= 15 is 0 Å². The van der Waals surface area contributed by atoms with Crippen LogP contribution in [0.3, 0.4) is 0 Å². The van der Waals surface area contributed by atoms with Crippen molar-refractivity contribution in [2.24, 2.45) is 5.92 Å². The third-order valence-corrected chi connectivity index (χ3v) is 4.73. The van der Waals surface area contributed by atoms with Gasteiger partial charge in [-0.1, -0.05) is 0 Å². The number of hydrogen-bond acceptors (Lipinski definition) is 5. The molecule has 3 unspecified atom stereocenters. The van der Waals surface area contributed by atoms with Crippen molar-refractivity contribution in [3.8, 4) is 0 Å². The predicted octanol–water partition coefficient (Wildman–Crippen LogP) is -0.633. The SMILES string of the molecule is COCC1SC2[C@@H]([C@@H](C)O)C(=O)N2C1C(=O)O. The van der Waals surface area contributed by atoms with Gasteiger partial charge < -0.3 is 19.8 Å². The van der Waals surface area contributed by atoms with Gasteiger partial charge in [0.1, 0.15) is 6.04 Å². The topological polar surface area (TPSA) is 87.1 Å². The standard InChI is InChI=1S/C10H15NO5S/c1-4(12)6-8(13)11-7(10(14)15)5(3-16-2)17-9(6)11/h4-7,9,12H,3H2,1-2H3,(H,14,15)/t4-,5?,6+,7?,9?/m1/s1. The summed E-state index contributed by atoms with van der Waals surface area (Å²) >= 11 is 1.40. The summed E-state index contributed by atoms with van der Waals surface area (Å²) in [6.45, 7) is 1.84. The molecule has 0 aliphatic carbocycles. The number of amides is 1. The zero-order valence-electron chi connectivity index (χ0n) is 9.57. The number of aliphatic carboxylic acids is 1. The molecule has 2 aliphatic heterocycles. The Balaban J connectivity index is 2.18. The summed E-state index contributed by atoms with van der Waals surface area (Å²) in [6.07, 6.45) is -0.744. The van der Waals surface area contributed by atoms with Crippen LogP contribution in [-0.4, -0.2) is 63.5 Å². The highest BCUT2D eigenvalue weighted by Gasteiger charge is 2.61. The molecule has 0 spiro atoms. The Morgan fingerprint density at radius 1 is 1.65 bits per heavy atom. The fourth-order valence-electron chi connectivity index (χ4n) is 2.41. The van der Waals surface area contributed by atoms with E-state index < -0.39 is 24.0 Å². The van der Waals surface area contributed by atoms with Crippen LogP contribution < -0.4 is 0 Å². The van der Waals surface area contributed by atoms with E-state index in [1.54, 1.807) is 6.92 Å². The van der Waals surface area contributed by atoms with E-state index in [1.807, 2.05) is 0 Å². The molecule has 0 radical (unpaired) electrons. The highest BCUT2D eigenvalue weighted by molar-refractivity contribution is 8.01. The Hall–Kier alpha value is -0.790. The van der Waals surface area contributed by atoms with Crippen molar-refractivity contribution in [3.05, 3.63) is 0 Å². The molecule has 2 aliphatic rings.